The Kier molecular flexibility index (Phi) is 4.67. The highest BCUT2D eigenvalue weighted by atomic mass is 32.2. The van der Waals surface area contributed by atoms with Gasteiger partial charge in [-0.05, 0) is 19.1 Å². The van der Waals surface area contributed by atoms with Crippen molar-refractivity contribution in [2.75, 3.05) is 24.7 Å². The molecule has 1 aliphatic heterocycles. The molecule has 2 rings (SSSR count). The van der Waals surface area contributed by atoms with Crippen LogP contribution in [0.4, 0.5) is 0 Å². The second-order valence-corrected chi connectivity index (χ2v) is 7.90. The first-order valence-electron chi connectivity index (χ1n) is 6.79. The van der Waals surface area contributed by atoms with Crippen LogP contribution in [0.5, 0.6) is 5.75 Å². The van der Waals surface area contributed by atoms with Crippen molar-refractivity contribution < 1.29 is 23.6 Å². The van der Waals surface area contributed by atoms with Gasteiger partial charge in [-0.3, -0.25) is 0 Å². The number of benzene rings is 1. The molecule has 1 heterocycles. The maximum Gasteiger partial charge on any atom is 0.156 e. The van der Waals surface area contributed by atoms with E-state index >= 15 is 0 Å². The van der Waals surface area contributed by atoms with E-state index in [1.807, 2.05) is 42.6 Å². The highest BCUT2D eigenvalue weighted by molar-refractivity contribution is 7.91. The largest absolute Gasteiger partial charge is 0.491 e. The van der Waals surface area contributed by atoms with Crippen LogP contribution in [0, 0.1) is 0 Å². The summed E-state index contributed by atoms with van der Waals surface area (Å²) in [5.74, 6) is 1.16. The van der Waals surface area contributed by atoms with Gasteiger partial charge in [0.15, 0.2) is 9.84 Å². The van der Waals surface area contributed by atoms with Gasteiger partial charge in [0.25, 0.3) is 0 Å². The van der Waals surface area contributed by atoms with Crippen molar-refractivity contribution >= 4 is 9.84 Å². The zero-order chi connectivity index (χ0) is 14.6. The molecule has 5 nitrogen and oxygen atoms in total. The summed E-state index contributed by atoms with van der Waals surface area (Å²) >= 11 is 0. The Labute approximate surface area is 119 Å². The van der Waals surface area contributed by atoms with Crippen LogP contribution in [0.3, 0.4) is 0 Å². The van der Waals surface area contributed by atoms with Crippen molar-refractivity contribution in [2.24, 2.45) is 0 Å². The van der Waals surface area contributed by atoms with E-state index in [0.717, 1.165) is 5.75 Å². The average molecular weight is 300 g/mol. The summed E-state index contributed by atoms with van der Waals surface area (Å²) in [5, 5.41) is 11.8. The highest BCUT2D eigenvalue weighted by Gasteiger charge is 2.41. The molecular weight excluding hydrogens is 278 g/mol. The number of hydrogen-bond acceptors (Lipinski definition) is 4. The first kappa shape index (κ1) is 15.3. The third-order valence-corrected chi connectivity index (χ3v) is 5.53. The summed E-state index contributed by atoms with van der Waals surface area (Å²) in [6, 6.07) is 9.32. The Hall–Kier alpha value is -1.11. The number of para-hydroxylation sites is 1. The van der Waals surface area contributed by atoms with Crippen molar-refractivity contribution in [1.82, 2.24) is 0 Å². The van der Waals surface area contributed by atoms with Gasteiger partial charge in [0, 0.05) is 6.42 Å². The lowest BCUT2D eigenvalue weighted by molar-refractivity contribution is -0.723. The second-order valence-electron chi connectivity index (χ2n) is 5.71. The fourth-order valence-corrected chi connectivity index (χ4v) is 4.58. The lowest BCUT2D eigenvalue weighted by Gasteiger charge is -2.22. The van der Waals surface area contributed by atoms with Gasteiger partial charge in [-0.1, -0.05) is 18.2 Å². The van der Waals surface area contributed by atoms with Crippen LogP contribution in [0.1, 0.15) is 13.3 Å². The van der Waals surface area contributed by atoms with E-state index < -0.39 is 15.9 Å². The molecule has 1 fully saturated rings. The molecule has 0 aromatic heterocycles. The Morgan fingerprint density at radius 1 is 1.40 bits per heavy atom. The van der Waals surface area contributed by atoms with Gasteiger partial charge in [-0.2, -0.15) is 0 Å². The van der Waals surface area contributed by atoms with Crippen molar-refractivity contribution in [3.63, 3.8) is 0 Å². The number of rotatable bonds is 6. The van der Waals surface area contributed by atoms with Gasteiger partial charge in [0.05, 0.1) is 5.75 Å². The van der Waals surface area contributed by atoms with Crippen LogP contribution in [0.15, 0.2) is 30.3 Å². The average Bonchev–Trinajstić information content (AvgIpc) is 2.70. The number of nitrogens with two attached hydrogens (primary N) is 1. The minimum Gasteiger partial charge on any atom is -0.491 e. The SMILES string of the molecule is C[C@@]1([NH2+]C[C@@H](O)COc2ccccc2)CCS(=O)(=O)C1. The number of sulfone groups is 1. The standard InChI is InChI=1S/C14H21NO4S/c1-14(7-8-20(17,18)11-14)15-9-12(16)10-19-13-5-3-2-4-6-13/h2-6,12,15-16H,7-11H2,1H3/p+1/t12-,14-/m1/s1. The van der Waals surface area contributed by atoms with E-state index in [1.54, 1.807) is 0 Å². The molecule has 0 bridgehead atoms. The summed E-state index contributed by atoms with van der Waals surface area (Å²) in [6.45, 7) is 2.59. The molecule has 6 heteroatoms. The first-order chi connectivity index (χ1) is 9.39. The molecule has 20 heavy (non-hydrogen) atoms. The number of aliphatic hydroxyl groups is 1. The maximum atomic E-state index is 11.5. The lowest BCUT2D eigenvalue weighted by Crippen LogP contribution is -2.98. The second kappa shape index (κ2) is 6.11. The van der Waals surface area contributed by atoms with E-state index in [4.69, 9.17) is 4.74 Å². The molecule has 0 saturated carbocycles. The molecule has 2 atom stereocenters. The fraction of sp³-hybridized carbons (Fsp3) is 0.571. The van der Waals surface area contributed by atoms with Crippen LogP contribution in [0.2, 0.25) is 0 Å². The summed E-state index contributed by atoms with van der Waals surface area (Å²) in [4.78, 5) is 0. The number of aliphatic hydroxyl groups excluding tert-OH is 1. The van der Waals surface area contributed by atoms with Gasteiger partial charge in [0.1, 0.15) is 36.3 Å². The Morgan fingerprint density at radius 3 is 2.70 bits per heavy atom. The molecule has 0 spiro atoms. The molecule has 1 saturated heterocycles. The summed E-state index contributed by atoms with van der Waals surface area (Å²) < 4.78 is 28.5. The molecule has 0 radical (unpaired) electrons. The molecule has 112 valence electrons. The molecule has 0 amide bonds. The smallest absolute Gasteiger partial charge is 0.156 e. The zero-order valence-corrected chi connectivity index (χ0v) is 12.5. The van der Waals surface area contributed by atoms with Gasteiger partial charge < -0.3 is 15.2 Å². The van der Waals surface area contributed by atoms with E-state index in [1.165, 1.54) is 0 Å². The van der Waals surface area contributed by atoms with Crippen molar-refractivity contribution in [2.45, 2.75) is 25.0 Å². The molecule has 1 aromatic carbocycles. The summed E-state index contributed by atoms with van der Waals surface area (Å²) in [7, 11) is -2.90. The van der Waals surface area contributed by atoms with Crippen LogP contribution >= 0.6 is 0 Å². The molecule has 0 unspecified atom stereocenters. The van der Waals surface area contributed by atoms with Crippen molar-refractivity contribution in [3.05, 3.63) is 30.3 Å². The first-order valence-corrected chi connectivity index (χ1v) is 8.61. The summed E-state index contributed by atoms with van der Waals surface area (Å²) in [6.07, 6.45) is 0.0250. The number of ether oxygens (including phenoxy) is 1. The number of quaternary nitrogens is 1. The molecular formula is C14H22NO4S+. The molecule has 0 aliphatic carbocycles. The molecule has 1 aliphatic rings. The summed E-state index contributed by atoms with van der Waals surface area (Å²) in [5.41, 5.74) is -0.313. The number of hydrogen-bond donors (Lipinski definition) is 2. The predicted octanol–water partition coefficient (Wildman–Crippen LogP) is -0.433. The minimum atomic E-state index is -2.90. The highest BCUT2D eigenvalue weighted by Crippen LogP contribution is 2.18. The van der Waals surface area contributed by atoms with Gasteiger partial charge in [-0.15, -0.1) is 0 Å². The topological polar surface area (TPSA) is 80.2 Å². The van der Waals surface area contributed by atoms with Crippen LogP contribution < -0.4 is 10.1 Å². The predicted molar refractivity (Wildman–Crippen MR) is 76.4 cm³/mol. The quantitative estimate of drug-likeness (QED) is 0.747. The third-order valence-electron chi connectivity index (χ3n) is 3.60. The van der Waals surface area contributed by atoms with Gasteiger partial charge >= 0.3 is 0 Å². The van der Waals surface area contributed by atoms with Gasteiger partial charge in [-0.25, -0.2) is 8.42 Å². The molecule has 1 aromatic rings. The fourth-order valence-electron chi connectivity index (χ4n) is 2.39. The van der Waals surface area contributed by atoms with E-state index in [2.05, 4.69) is 0 Å². The van der Waals surface area contributed by atoms with Gasteiger partial charge in [0.2, 0.25) is 0 Å². The van der Waals surface area contributed by atoms with E-state index in [9.17, 15) is 13.5 Å². The van der Waals surface area contributed by atoms with Crippen LogP contribution in [-0.4, -0.2) is 49.8 Å². The Bertz CT molecular complexity index is 531. The minimum absolute atomic E-state index is 0.187. The van der Waals surface area contributed by atoms with Crippen molar-refractivity contribution in [1.29, 1.82) is 0 Å². The Balaban J connectivity index is 1.74. The normalized spacial score (nSPS) is 26.3. The van der Waals surface area contributed by atoms with Crippen LogP contribution in [0.25, 0.3) is 0 Å². The lowest BCUT2D eigenvalue weighted by atomic mass is 10.0. The van der Waals surface area contributed by atoms with E-state index in [0.29, 0.717) is 13.0 Å². The maximum absolute atomic E-state index is 11.5. The van der Waals surface area contributed by atoms with E-state index in [-0.39, 0.29) is 23.7 Å². The molecule has 3 N–H and O–H groups in total. The Morgan fingerprint density at radius 2 is 2.10 bits per heavy atom. The van der Waals surface area contributed by atoms with Crippen molar-refractivity contribution in [3.8, 4) is 5.75 Å². The third kappa shape index (κ3) is 4.47. The van der Waals surface area contributed by atoms with Crippen LogP contribution in [-0.2, 0) is 9.84 Å². The monoisotopic (exact) mass is 300 g/mol. The zero-order valence-electron chi connectivity index (χ0n) is 11.7.